The molecule has 0 saturated carbocycles. The first-order chi connectivity index (χ1) is 18.7. The Balaban J connectivity index is 1.39. The molecule has 4 aromatic carbocycles. The van der Waals surface area contributed by atoms with Crippen LogP contribution in [0.15, 0.2) is 91.3 Å². The fourth-order valence-corrected chi connectivity index (χ4v) is 5.33. The van der Waals surface area contributed by atoms with Gasteiger partial charge in [-0.05, 0) is 28.6 Å². The standard InChI is InChI=1S/C31H24N4O3/c1-36-24-15-12-19(16-25(24)37-2)17-26-33-30-28-27(21-9-4-3-5-10-21)23-14-13-20-8-6-7-11-22(20)29(23)38-31(28)32-18-35(30)34-26/h3-16,18,27H,17H2,1-2H3/t27-/m0/s1. The lowest BCUT2D eigenvalue weighted by molar-refractivity contribution is 0.354. The van der Waals surface area contributed by atoms with Gasteiger partial charge in [-0.1, -0.05) is 72.8 Å². The smallest absolute Gasteiger partial charge is 0.228 e. The molecule has 1 aliphatic heterocycles. The molecule has 0 saturated heterocycles. The molecule has 0 fully saturated rings. The predicted octanol–water partition coefficient (Wildman–Crippen LogP) is 6.17. The predicted molar refractivity (Wildman–Crippen MR) is 145 cm³/mol. The first-order valence-electron chi connectivity index (χ1n) is 12.4. The van der Waals surface area contributed by atoms with E-state index in [4.69, 9.17) is 29.3 Å². The fraction of sp³-hybridized carbons (Fsp3) is 0.129. The van der Waals surface area contributed by atoms with Crippen LogP contribution in [0, 0.1) is 0 Å². The topological polar surface area (TPSA) is 70.8 Å². The fourth-order valence-electron chi connectivity index (χ4n) is 5.33. The van der Waals surface area contributed by atoms with Gasteiger partial charge in [-0.25, -0.2) is 14.5 Å². The lowest BCUT2D eigenvalue weighted by Crippen LogP contribution is -2.15. The van der Waals surface area contributed by atoms with Gasteiger partial charge in [0.2, 0.25) is 5.88 Å². The van der Waals surface area contributed by atoms with Gasteiger partial charge in [-0.2, -0.15) is 0 Å². The Kier molecular flexibility index (Phi) is 5.21. The lowest BCUT2D eigenvalue weighted by atomic mass is 9.83. The third kappa shape index (κ3) is 3.55. The van der Waals surface area contributed by atoms with Crippen molar-refractivity contribution in [3.8, 4) is 23.1 Å². The van der Waals surface area contributed by atoms with Gasteiger partial charge in [-0.15, -0.1) is 5.10 Å². The van der Waals surface area contributed by atoms with E-state index in [0.29, 0.717) is 29.6 Å². The first kappa shape index (κ1) is 22.3. The third-order valence-corrected chi connectivity index (χ3v) is 7.08. The molecular formula is C31H24N4O3. The molecule has 1 aliphatic rings. The quantitative estimate of drug-likeness (QED) is 0.281. The first-order valence-corrected chi connectivity index (χ1v) is 12.4. The maximum absolute atomic E-state index is 6.51. The van der Waals surface area contributed by atoms with Crippen LogP contribution >= 0.6 is 0 Å². The molecule has 38 heavy (non-hydrogen) atoms. The second-order valence-electron chi connectivity index (χ2n) is 9.28. The Morgan fingerprint density at radius 2 is 1.68 bits per heavy atom. The molecule has 3 heterocycles. The van der Waals surface area contributed by atoms with Crippen molar-refractivity contribution in [3.05, 3.63) is 119 Å². The molecule has 2 aromatic heterocycles. The third-order valence-electron chi connectivity index (χ3n) is 7.08. The maximum Gasteiger partial charge on any atom is 0.228 e. The highest BCUT2D eigenvalue weighted by molar-refractivity contribution is 5.91. The summed E-state index contributed by atoms with van der Waals surface area (Å²) in [6.07, 6.45) is 2.21. The number of hydrogen-bond donors (Lipinski definition) is 0. The summed E-state index contributed by atoms with van der Waals surface area (Å²) in [6, 6.07) is 28.9. The highest BCUT2D eigenvalue weighted by atomic mass is 16.5. The number of benzene rings is 4. The Labute approximate surface area is 219 Å². The van der Waals surface area contributed by atoms with Gasteiger partial charge in [-0.3, -0.25) is 0 Å². The van der Waals surface area contributed by atoms with Gasteiger partial charge in [0.1, 0.15) is 12.1 Å². The Morgan fingerprint density at radius 3 is 2.53 bits per heavy atom. The van der Waals surface area contributed by atoms with Crippen molar-refractivity contribution in [2.24, 2.45) is 0 Å². The van der Waals surface area contributed by atoms with Crippen LogP contribution in [-0.2, 0) is 6.42 Å². The summed E-state index contributed by atoms with van der Waals surface area (Å²) >= 11 is 0. The van der Waals surface area contributed by atoms with Gasteiger partial charge in [0, 0.05) is 23.3 Å². The lowest BCUT2D eigenvalue weighted by Gasteiger charge is -2.28. The molecule has 7 nitrogen and oxygen atoms in total. The van der Waals surface area contributed by atoms with E-state index in [1.807, 2.05) is 36.4 Å². The summed E-state index contributed by atoms with van der Waals surface area (Å²) < 4.78 is 19.1. The van der Waals surface area contributed by atoms with E-state index in [2.05, 4.69) is 48.5 Å². The number of methoxy groups -OCH3 is 2. The highest BCUT2D eigenvalue weighted by Gasteiger charge is 2.34. The van der Waals surface area contributed by atoms with Crippen LogP contribution in [0.25, 0.3) is 16.4 Å². The zero-order valence-corrected chi connectivity index (χ0v) is 21.0. The highest BCUT2D eigenvalue weighted by Crippen LogP contribution is 2.50. The Morgan fingerprint density at radius 1 is 0.868 bits per heavy atom. The van der Waals surface area contributed by atoms with Crippen molar-refractivity contribution in [1.29, 1.82) is 0 Å². The Bertz CT molecular complexity index is 1810. The SMILES string of the molecule is COc1ccc(Cc2nc3c4c(ncn3n2)Oc2c(ccc3ccccc23)[C@@H]4c2ccccc2)cc1OC. The van der Waals surface area contributed by atoms with E-state index in [1.165, 1.54) is 0 Å². The van der Waals surface area contributed by atoms with Crippen molar-refractivity contribution in [2.45, 2.75) is 12.3 Å². The largest absolute Gasteiger partial charge is 0.493 e. The summed E-state index contributed by atoms with van der Waals surface area (Å²) in [5, 5.41) is 6.95. The zero-order valence-electron chi connectivity index (χ0n) is 21.0. The molecule has 6 aromatic rings. The Hall–Kier alpha value is -4.91. The summed E-state index contributed by atoms with van der Waals surface area (Å²) in [5.41, 5.74) is 4.90. The van der Waals surface area contributed by atoms with Crippen LogP contribution in [0.2, 0.25) is 0 Å². The number of ether oxygens (including phenoxy) is 3. The van der Waals surface area contributed by atoms with E-state index < -0.39 is 0 Å². The second kappa shape index (κ2) is 8.88. The van der Waals surface area contributed by atoms with E-state index in [0.717, 1.165) is 44.4 Å². The van der Waals surface area contributed by atoms with Crippen molar-refractivity contribution >= 4 is 16.4 Å². The molecule has 0 radical (unpaired) electrons. The van der Waals surface area contributed by atoms with Gasteiger partial charge >= 0.3 is 0 Å². The zero-order chi connectivity index (χ0) is 25.6. The number of hydrogen-bond acceptors (Lipinski definition) is 6. The average molecular weight is 501 g/mol. The number of aromatic nitrogens is 4. The van der Waals surface area contributed by atoms with Crippen LogP contribution in [0.3, 0.4) is 0 Å². The summed E-state index contributed by atoms with van der Waals surface area (Å²) in [7, 11) is 3.26. The molecule has 0 bridgehead atoms. The van der Waals surface area contributed by atoms with Crippen LogP contribution < -0.4 is 14.2 Å². The number of fused-ring (bicyclic) bond motifs is 6. The van der Waals surface area contributed by atoms with Gasteiger partial charge in [0.25, 0.3) is 0 Å². The van der Waals surface area contributed by atoms with E-state index in [-0.39, 0.29) is 5.92 Å². The maximum atomic E-state index is 6.51. The van der Waals surface area contributed by atoms with Gasteiger partial charge in [0.15, 0.2) is 23.0 Å². The minimum absolute atomic E-state index is 0.103. The monoisotopic (exact) mass is 500 g/mol. The summed E-state index contributed by atoms with van der Waals surface area (Å²) in [4.78, 5) is 9.69. The van der Waals surface area contributed by atoms with E-state index in [1.54, 1.807) is 25.1 Å². The minimum Gasteiger partial charge on any atom is -0.493 e. The number of nitrogens with zero attached hydrogens (tertiary/aromatic N) is 4. The molecule has 186 valence electrons. The van der Waals surface area contributed by atoms with Crippen LogP contribution in [0.1, 0.15) is 34.0 Å². The van der Waals surface area contributed by atoms with Crippen molar-refractivity contribution in [2.75, 3.05) is 14.2 Å². The molecule has 0 amide bonds. The molecular weight excluding hydrogens is 476 g/mol. The molecule has 0 aliphatic carbocycles. The summed E-state index contributed by atoms with van der Waals surface area (Å²) in [6.45, 7) is 0. The number of rotatable bonds is 5. The second-order valence-corrected chi connectivity index (χ2v) is 9.28. The average Bonchev–Trinajstić information content (AvgIpc) is 3.39. The van der Waals surface area contributed by atoms with E-state index in [9.17, 15) is 0 Å². The van der Waals surface area contributed by atoms with Crippen molar-refractivity contribution in [3.63, 3.8) is 0 Å². The van der Waals surface area contributed by atoms with Gasteiger partial charge < -0.3 is 14.2 Å². The van der Waals surface area contributed by atoms with E-state index >= 15 is 0 Å². The summed E-state index contributed by atoms with van der Waals surface area (Å²) in [5.74, 6) is 3.34. The normalized spacial score (nSPS) is 14.1. The molecule has 1 atom stereocenters. The molecule has 0 N–H and O–H groups in total. The van der Waals surface area contributed by atoms with Crippen molar-refractivity contribution < 1.29 is 14.2 Å². The molecule has 7 heteroatoms. The van der Waals surface area contributed by atoms with Gasteiger partial charge in [0.05, 0.1) is 19.8 Å². The minimum atomic E-state index is -0.103. The van der Waals surface area contributed by atoms with Crippen LogP contribution in [0.4, 0.5) is 0 Å². The molecule has 0 unspecified atom stereocenters. The molecule has 0 spiro atoms. The van der Waals surface area contributed by atoms with Crippen LogP contribution in [0.5, 0.6) is 23.1 Å². The van der Waals surface area contributed by atoms with Crippen LogP contribution in [-0.4, -0.2) is 33.8 Å². The molecule has 7 rings (SSSR count). The van der Waals surface area contributed by atoms with Crippen molar-refractivity contribution in [1.82, 2.24) is 19.6 Å².